The lowest BCUT2D eigenvalue weighted by molar-refractivity contribution is -0.119. The van der Waals surface area contributed by atoms with E-state index >= 15 is 0 Å². The molecular formula is C18H22N4O5S. The highest BCUT2D eigenvalue weighted by Gasteiger charge is 2.39. The van der Waals surface area contributed by atoms with E-state index < -0.39 is 21.4 Å². The second-order valence-corrected chi connectivity index (χ2v) is 8.67. The molecule has 0 saturated heterocycles. The number of rotatable bonds is 7. The second-order valence-electron chi connectivity index (χ2n) is 6.90. The number of imidazole rings is 1. The number of hydrogen-bond acceptors (Lipinski definition) is 6. The molecule has 1 aliphatic heterocycles. The Morgan fingerprint density at radius 3 is 2.82 bits per heavy atom. The van der Waals surface area contributed by atoms with Gasteiger partial charge in [0.15, 0.2) is 5.69 Å². The summed E-state index contributed by atoms with van der Waals surface area (Å²) in [4.78, 5) is 27.7. The molecule has 0 bridgehead atoms. The Balaban J connectivity index is 1.66. The fourth-order valence-corrected chi connectivity index (χ4v) is 3.95. The average Bonchev–Trinajstić information content (AvgIpc) is 3.18. The fourth-order valence-electron chi connectivity index (χ4n) is 2.90. The van der Waals surface area contributed by atoms with Crippen molar-refractivity contribution in [1.29, 1.82) is 0 Å². The van der Waals surface area contributed by atoms with Crippen LogP contribution < -0.4 is 10.0 Å². The third-order valence-corrected chi connectivity index (χ3v) is 6.03. The summed E-state index contributed by atoms with van der Waals surface area (Å²) in [5.41, 5.74) is 0.650. The smallest absolute Gasteiger partial charge is 0.358 e. The minimum absolute atomic E-state index is 0.0914. The Kier molecular flexibility index (Phi) is 5.26. The van der Waals surface area contributed by atoms with Crippen molar-refractivity contribution in [2.45, 2.75) is 37.6 Å². The molecule has 0 unspecified atom stereocenters. The Hall–Kier alpha value is -2.72. The van der Waals surface area contributed by atoms with Crippen LogP contribution in [0.25, 0.3) is 0 Å². The molecule has 1 amide bonds. The second kappa shape index (κ2) is 7.36. The first-order valence-electron chi connectivity index (χ1n) is 8.79. The van der Waals surface area contributed by atoms with Crippen LogP contribution in [0.3, 0.4) is 0 Å². The van der Waals surface area contributed by atoms with Crippen molar-refractivity contribution in [1.82, 2.24) is 14.3 Å². The number of ether oxygens (including phenoxy) is 1. The summed E-state index contributed by atoms with van der Waals surface area (Å²) >= 11 is 0. The van der Waals surface area contributed by atoms with Crippen LogP contribution in [0.1, 0.15) is 36.8 Å². The number of sulfonamides is 1. The van der Waals surface area contributed by atoms with Crippen LogP contribution in [0.15, 0.2) is 35.6 Å². The predicted octanol–water partition coefficient (Wildman–Crippen LogP) is 1.27. The number of hydrogen-bond donors (Lipinski definition) is 2. The van der Waals surface area contributed by atoms with Crippen molar-refractivity contribution in [2.75, 3.05) is 18.5 Å². The number of carbonyl (C=O) groups excluding carboxylic acids is 2. The SMILES string of the molecule is CCOC(=O)c1cn(CCNS(=O)(=O)c2ccc3c(c2)C(C)(C)C(=O)N3)cn1. The van der Waals surface area contributed by atoms with Gasteiger partial charge in [0.2, 0.25) is 15.9 Å². The van der Waals surface area contributed by atoms with Crippen LogP contribution in [0, 0.1) is 0 Å². The fraction of sp³-hybridized carbons (Fsp3) is 0.389. The number of aromatic nitrogens is 2. The van der Waals surface area contributed by atoms with Gasteiger partial charge in [0.1, 0.15) is 0 Å². The zero-order valence-electron chi connectivity index (χ0n) is 15.9. The van der Waals surface area contributed by atoms with E-state index in [0.29, 0.717) is 17.8 Å². The van der Waals surface area contributed by atoms with Gasteiger partial charge < -0.3 is 14.6 Å². The van der Waals surface area contributed by atoms with E-state index in [1.165, 1.54) is 24.7 Å². The number of esters is 1. The van der Waals surface area contributed by atoms with Gasteiger partial charge in [-0.1, -0.05) is 0 Å². The molecule has 1 aromatic carbocycles. The molecule has 0 aliphatic carbocycles. The molecule has 10 heteroatoms. The lowest BCUT2D eigenvalue weighted by atomic mass is 9.86. The molecule has 1 aliphatic rings. The molecule has 0 fully saturated rings. The van der Waals surface area contributed by atoms with Crippen molar-refractivity contribution in [3.8, 4) is 0 Å². The van der Waals surface area contributed by atoms with Gasteiger partial charge in [0.05, 0.1) is 23.2 Å². The van der Waals surface area contributed by atoms with Gasteiger partial charge in [-0.15, -0.1) is 0 Å². The van der Waals surface area contributed by atoms with Gasteiger partial charge in [-0.05, 0) is 44.5 Å². The average molecular weight is 406 g/mol. The van der Waals surface area contributed by atoms with Crippen molar-refractivity contribution in [3.63, 3.8) is 0 Å². The molecule has 2 aromatic rings. The topological polar surface area (TPSA) is 119 Å². The number of nitrogens with one attached hydrogen (secondary N) is 2. The molecule has 0 radical (unpaired) electrons. The van der Waals surface area contributed by atoms with Crippen molar-refractivity contribution < 1.29 is 22.7 Å². The molecule has 2 N–H and O–H groups in total. The first-order valence-corrected chi connectivity index (χ1v) is 10.3. The zero-order chi connectivity index (χ0) is 20.5. The third-order valence-electron chi connectivity index (χ3n) is 4.57. The standard InChI is InChI=1S/C18H22N4O5S/c1-4-27-16(23)15-10-22(11-19-15)8-7-20-28(25,26)12-5-6-14-13(9-12)18(2,3)17(24)21-14/h5-6,9-11,20H,4,7-8H2,1-3H3,(H,21,24). The molecule has 0 saturated carbocycles. The van der Waals surface area contributed by atoms with Crippen LogP contribution in [0.5, 0.6) is 0 Å². The summed E-state index contributed by atoms with van der Waals surface area (Å²) in [5, 5.41) is 2.75. The number of anilines is 1. The van der Waals surface area contributed by atoms with Crippen LogP contribution in [-0.2, 0) is 31.5 Å². The Morgan fingerprint density at radius 1 is 1.36 bits per heavy atom. The Morgan fingerprint density at radius 2 is 2.11 bits per heavy atom. The summed E-state index contributed by atoms with van der Waals surface area (Å²) in [6.07, 6.45) is 2.94. The molecule has 2 heterocycles. The minimum atomic E-state index is -3.75. The Bertz CT molecular complexity index is 1030. The van der Waals surface area contributed by atoms with Crippen LogP contribution in [-0.4, -0.2) is 43.0 Å². The van der Waals surface area contributed by atoms with E-state index in [4.69, 9.17) is 4.74 Å². The van der Waals surface area contributed by atoms with E-state index in [9.17, 15) is 18.0 Å². The highest BCUT2D eigenvalue weighted by atomic mass is 32.2. The maximum atomic E-state index is 12.6. The summed E-state index contributed by atoms with van der Waals surface area (Å²) in [5.74, 6) is -0.687. The van der Waals surface area contributed by atoms with E-state index in [1.807, 2.05) is 0 Å². The molecular weight excluding hydrogens is 384 g/mol. The first kappa shape index (κ1) is 20.0. The van der Waals surface area contributed by atoms with E-state index in [2.05, 4.69) is 15.0 Å². The lowest BCUT2D eigenvalue weighted by Gasteiger charge is -2.16. The molecule has 150 valence electrons. The van der Waals surface area contributed by atoms with Gasteiger partial charge in [-0.25, -0.2) is 22.9 Å². The maximum Gasteiger partial charge on any atom is 0.358 e. The monoisotopic (exact) mass is 406 g/mol. The number of amides is 1. The summed E-state index contributed by atoms with van der Waals surface area (Å²) in [6, 6.07) is 4.57. The summed E-state index contributed by atoms with van der Waals surface area (Å²) < 4.78 is 34.2. The molecule has 9 nitrogen and oxygen atoms in total. The van der Waals surface area contributed by atoms with Crippen LogP contribution in [0.4, 0.5) is 5.69 Å². The predicted molar refractivity (Wildman–Crippen MR) is 101 cm³/mol. The highest BCUT2D eigenvalue weighted by Crippen LogP contribution is 2.38. The van der Waals surface area contributed by atoms with Crippen molar-refractivity contribution >= 4 is 27.6 Å². The van der Waals surface area contributed by atoms with Crippen molar-refractivity contribution in [2.24, 2.45) is 0 Å². The molecule has 0 atom stereocenters. The molecule has 1 aromatic heterocycles. The summed E-state index contributed by atoms with van der Waals surface area (Å²) in [7, 11) is -3.75. The van der Waals surface area contributed by atoms with Gasteiger partial charge in [-0.2, -0.15) is 0 Å². The molecule has 0 spiro atoms. The van der Waals surface area contributed by atoms with Crippen LogP contribution in [0.2, 0.25) is 0 Å². The quantitative estimate of drug-likeness (QED) is 0.668. The van der Waals surface area contributed by atoms with E-state index in [0.717, 1.165) is 0 Å². The molecule has 28 heavy (non-hydrogen) atoms. The van der Waals surface area contributed by atoms with E-state index in [-0.39, 0.29) is 29.6 Å². The lowest BCUT2D eigenvalue weighted by Crippen LogP contribution is -2.28. The molecule has 3 rings (SSSR count). The van der Waals surface area contributed by atoms with Gasteiger partial charge in [0, 0.05) is 25.0 Å². The third kappa shape index (κ3) is 3.78. The zero-order valence-corrected chi connectivity index (χ0v) is 16.7. The van der Waals surface area contributed by atoms with Gasteiger partial charge in [0.25, 0.3) is 0 Å². The number of nitrogens with zero attached hydrogens (tertiary/aromatic N) is 2. The van der Waals surface area contributed by atoms with Gasteiger partial charge >= 0.3 is 5.97 Å². The number of benzene rings is 1. The van der Waals surface area contributed by atoms with E-state index in [1.54, 1.807) is 31.4 Å². The normalized spacial score (nSPS) is 15.2. The minimum Gasteiger partial charge on any atom is -0.461 e. The van der Waals surface area contributed by atoms with Gasteiger partial charge in [-0.3, -0.25) is 4.79 Å². The highest BCUT2D eigenvalue weighted by molar-refractivity contribution is 7.89. The largest absolute Gasteiger partial charge is 0.461 e. The Labute approximate surface area is 163 Å². The first-order chi connectivity index (χ1) is 13.1. The van der Waals surface area contributed by atoms with Crippen LogP contribution >= 0.6 is 0 Å². The summed E-state index contributed by atoms with van der Waals surface area (Å²) in [6.45, 7) is 5.86. The number of carbonyl (C=O) groups is 2. The van der Waals surface area contributed by atoms with Crippen molar-refractivity contribution in [3.05, 3.63) is 42.0 Å². The maximum absolute atomic E-state index is 12.6. The number of fused-ring (bicyclic) bond motifs is 1.